The third kappa shape index (κ3) is 3.38. The van der Waals surface area contributed by atoms with Gasteiger partial charge in [-0.25, -0.2) is 0 Å². The molecule has 3 nitrogen and oxygen atoms in total. The third-order valence-electron chi connectivity index (χ3n) is 3.80. The summed E-state index contributed by atoms with van der Waals surface area (Å²) in [4.78, 5) is 6.56. The van der Waals surface area contributed by atoms with E-state index in [4.69, 9.17) is 23.2 Å². The fourth-order valence-electron chi connectivity index (χ4n) is 2.80. The summed E-state index contributed by atoms with van der Waals surface area (Å²) in [5, 5.41) is 4.76. The van der Waals surface area contributed by atoms with Crippen molar-refractivity contribution in [3.63, 3.8) is 0 Å². The molecule has 1 aromatic carbocycles. The van der Waals surface area contributed by atoms with Gasteiger partial charge in [-0.1, -0.05) is 29.3 Å². The zero-order valence-electron chi connectivity index (χ0n) is 11.6. The molecule has 1 saturated heterocycles. The van der Waals surface area contributed by atoms with E-state index in [0.29, 0.717) is 10.0 Å². The average molecular weight is 322 g/mol. The molecule has 0 amide bonds. The molecule has 110 valence electrons. The summed E-state index contributed by atoms with van der Waals surface area (Å²) in [6.07, 6.45) is 3.66. The van der Waals surface area contributed by atoms with Crippen LogP contribution in [0, 0.1) is 0 Å². The summed E-state index contributed by atoms with van der Waals surface area (Å²) in [6, 6.07) is 9.99. The minimum absolute atomic E-state index is 0.139. The second-order valence-corrected chi connectivity index (χ2v) is 5.98. The Bertz CT molecular complexity index is 598. The molecular formula is C16H17Cl2N3. The lowest BCUT2D eigenvalue weighted by atomic mass is 9.97. The van der Waals surface area contributed by atoms with E-state index in [-0.39, 0.29) is 6.04 Å². The SMILES string of the molecule is Clc1ccc(C(c2ccncc2)N2CCNCC2)c(Cl)c1. The largest absolute Gasteiger partial charge is 0.314 e. The maximum Gasteiger partial charge on any atom is 0.0618 e. The lowest BCUT2D eigenvalue weighted by Gasteiger charge is -2.36. The van der Waals surface area contributed by atoms with E-state index in [1.807, 2.05) is 30.6 Å². The smallest absolute Gasteiger partial charge is 0.0618 e. The van der Waals surface area contributed by atoms with Gasteiger partial charge in [0.25, 0.3) is 0 Å². The van der Waals surface area contributed by atoms with Gasteiger partial charge in [0.05, 0.1) is 6.04 Å². The first-order chi connectivity index (χ1) is 10.3. The standard InChI is InChI=1S/C16H17Cl2N3/c17-13-1-2-14(15(18)11-13)16(12-3-5-19-6-4-12)21-9-7-20-8-10-21/h1-6,11,16,20H,7-10H2. The highest BCUT2D eigenvalue weighted by atomic mass is 35.5. The lowest BCUT2D eigenvalue weighted by molar-refractivity contribution is 0.198. The minimum atomic E-state index is 0.139. The zero-order chi connectivity index (χ0) is 14.7. The Morgan fingerprint density at radius 2 is 1.76 bits per heavy atom. The van der Waals surface area contributed by atoms with Gasteiger partial charge in [0.2, 0.25) is 0 Å². The van der Waals surface area contributed by atoms with E-state index in [1.165, 1.54) is 5.56 Å². The van der Waals surface area contributed by atoms with Crippen molar-refractivity contribution in [2.45, 2.75) is 6.04 Å². The first kappa shape index (κ1) is 14.8. The Morgan fingerprint density at radius 1 is 1.05 bits per heavy atom. The molecule has 0 bridgehead atoms. The molecule has 2 aromatic rings. The summed E-state index contributed by atoms with van der Waals surface area (Å²) in [5.41, 5.74) is 2.30. The van der Waals surface area contributed by atoms with Gasteiger partial charge in [-0.3, -0.25) is 9.88 Å². The Kier molecular flexibility index (Phi) is 4.76. The number of nitrogens with zero attached hydrogens (tertiary/aromatic N) is 2. The molecule has 3 rings (SSSR count). The zero-order valence-corrected chi connectivity index (χ0v) is 13.1. The summed E-state index contributed by atoms with van der Waals surface area (Å²) in [7, 11) is 0. The van der Waals surface area contributed by atoms with E-state index in [0.717, 1.165) is 31.7 Å². The number of pyridine rings is 1. The average Bonchev–Trinajstić information content (AvgIpc) is 2.52. The molecule has 1 aliphatic rings. The minimum Gasteiger partial charge on any atom is -0.314 e. The Hall–Kier alpha value is -1.13. The molecule has 0 aliphatic carbocycles. The number of nitrogens with one attached hydrogen (secondary N) is 1. The van der Waals surface area contributed by atoms with E-state index >= 15 is 0 Å². The third-order valence-corrected chi connectivity index (χ3v) is 4.36. The van der Waals surface area contributed by atoms with E-state index in [1.54, 1.807) is 0 Å². The van der Waals surface area contributed by atoms with Gasteiger partial charge < -0.3 is 5.32 Å². The summed E-state index contributed by atoms with van der Waals surface area (Å²) in [5.74, 6) is 0. The van der Waals surface area contributed by atoms with Crippen LogP contribution in [0.2, 0.25) is 10.0 Å². The first-order valence-electron chi connectivity index (χ1n) is 7.05. The van der Waals surface area contributed by atoms with Gasteiger partial charge in [0.15, 0.2) is 0 Å². The highest BCUT2D eigenvalue weighted by Gasteiger charge is 2.25. The topological polar surface area (TPSA) is 28.2 Å². The number of hydrogen-bond donors (Lipinski definition) is 1. The molecule has 1 atom stereocenters. The van der Waals surface area contributed by atoms with E-state index in [2.05, 4.69) is 27.3 Å². The van der Waals surface area contributed by atoms with Crippen LogP contribution in [0.25, 0.3) is 0 Å². The number of aromatic nitrogens is 1. The van der Waals surface area contributed by atoms with Gasteiger partial charge in [-0.2, -0.15) is 0 Å². The van der Waals surface area contributed by atoms with Crippen LogP contribution in [0.1, 0.15) is 17.2 Å². The normalized spacial score (nSPS) is 17.6. The van der Waals surface area contributed by atoms with Crippen LogP contribution in [0.15, 0.2) is 42.7 Å². The lowest BCUT2D eigenvalue weighted by Crippen LogP contribution is -2.45. The molecule has 2 heterocycles. The summed E-state index contributed by atoms with van der Waals surface area (Å²) in [6.45, 7) is 3.97. The number of benzene rings is 1. The van der Waals surface area contributed by atoms with Crippen molar-refractivity contribution < 1.29 is 0 Å². The van der Waals surface area contributed by atoms with Gasteiger partial charge in [0, 0.05) is 48.6 Å². The quantitative estimate of drug-likeness (QED) is 0.939. The van der Waals surface area contributed by atoms with Crippen molar-refractivity contribution in [1.82, 2.24) is 15.2 Å². The summed E-state index contributed by atoms with van der Waals surface area (Å²) >= 11 is 12.5. The maximum absolute atomic E-state index is 6.45. The predicted molar refractivity (Wildman–Crippen MR) is 87.0 cm³/mol. The first-order valence-corrected chi connectivity index (χ1v) is 7.81. The molecular weight excluding hydrogens is 305 g/mol. The highest BCUT2D eigenvalue weighted by Crippen LogP contribution is 2.34. The van der Waals surface area contributed by atoms with Crippen LogP contribution in [0.3, 0.4) is 0 Å². The molecule has 0 saturated carbocycles. The number of piperazine rings is 1. The Labute approximate surface area is 134 Å². The van der Waals surface area contributed by atoms with Gasteiger partial charge in [-0.15, -0.1) is 0 Å². The number of hydrogen-bond acceptors (Lipinski definition) is 3. The Morgan fingerprint density at radius 3 is 2.43 bits per heavy atom. The van der Waals surface area contributed by atoms with Gasteiger partial charge >= 0.3 is 0 Å². The fourth-order valence-corrected chi connectivity index (χ4v) is 3.31. The fraction of sp³-hybridized carbons (Fsp3) is 0.312. The van der Waals surface area contributed by atoms with E-state index < -0.39 is 0 Å². The second kappa shape index (κ2) is 6.75. The van der Waals surface area contributed by atoms with Crippen LogP contribution in [-0.4, -0.2) is 36.1 Å². The molecule has 1 N–H and O–H groups in total. The maximum atomic E-state index is 6.45. The van der Waals surface area contributed by atoms with Crippen molar-refractivity contribution in [2.75, 3.05) is 26.2 Å². The van der Waals surface area contributed by atoms with Gasteiger partial charge in [0.1, 0.15) is 0 Å². The van der Waals surface area contributed by atoms with Crippen LogP contribution in [-0.2, 0) is 0 Å². The van der Waals surface area contributed by atoms with Crippen LogP contribution in [0.4, 0.5) is 0 Å². The molecule has 1 fully saturated rings. The van der Waals surface area contributed by atoms with Crippen molar-refractivity contribution in [3.05, 3.63) is 63.9 Å². The van der Waals surface area contributed by atoms with Crippen molar-refractivity contribution >= 4 is 23.2 Å². The van der Waals surface area contributed by atoms with Crippen molar-refractivity contribution in [3.8, 4) is 0 Å². The molecule has 21 heavy (non-hydrogen) atoms. The molecule has 5 heteroatoms. The highest BCUT2D eigenvalue weighted by molar-refractivity contribution is 6.35. The molecule has 0 spiro atoms. The summed E-state index contributed by atoms with van der Waals surface area (Å²) < 4.78 is 0. The number of rotatable bonds is 3. The molecule has 1 aromatic heterocycles. The van der Waals surface area contributed by atoms with E-state index in [9.17, 15) is 0 Å². The van der Waals surface area contributed by atoms with Crippen molar-refractivity contribution in [1.29, 1.82) is 0 Å². The van der Waals surface area contributed by atoms with Crippen LogP contribution >= 0.6 is 23.2 Å². The number of halogens is 2. The van der Waals surface area contributed by atoms with Gasteiger partial charge in [-0.05, 0) is 35.4 Å². The Balaban J connectivity index is 2.02. The van der Waals surface area contributed by atoms with Crippen molar-refractivity contribution in [2.24, 2.45) is 0 Å². The second-order valence-electron chi connectivity index (χ2n) is 5.13. The predicted octanol–water partition coefficient (Wildman–Crippen LogP) is 3.38. The molecule has 1 unspecified atom stereocenters. The monoisotopic (exact) mass is 321 g/mol. The van der Waals surface area contributed by atoms with Crippen LogP contribution in [0.5, 0.6) is 0 Å². The van der Waals surface area contributed by atoms with Crippen LogP contribution < -0.4 is 5.32 Å². The molecule has 0 radical (unpaired) electrons. The molecule has 1 aliphatic heterocycles.